The summed E-state index contributed by atoms with van der Waals surface area (Å²) in [6.45, 7) is 12.0. The van der Waals surface area contributed by atoms with Crippen molar-refractivity contribution in [1.82, 2.24) is 0 Å². The van der Waals surface area contributed by atoms with Crippen LogP contribution in [0.15, 0.2) is 47.4 Å². The molecule has 0 spiro atoms. The molecule has 1 heterocycles. The lowest BCUT2D eigenvalue weighted by atomic mass is 10.1. The van der Waals surface area contributed by atoms with Gasteiger partial charge in [0.15, 0.2) is 4.90 Å². The third kappa shape index (κ3) is 4.86. The van der Waals surface area contributed by atoms with Gasteiger partial charge >= 0.3 is 0 Å². The molecule has 1 fully saturated rings. The van der Waals surface area contributed by atoms with Crippen LogP contribution in [-0.4, -0.2) is 11.5 Å². The van der Waals surface area contributed by atoms with Gasteiger partial charge in [-0.25, -0.2) is 0 Å². The Balaban J connectivity index is 0.000000538. The first kappa shape index (κ1) is 19.1. The molecular weight excluding hydrogens is 260 g/mol. The van der Waals surface area contributed by atoms with Crippen LogP contribution in [0.4, 0.5) is 0 Å². The van der Waals surface area contributed by atoms with Crippen molar-refractivity contribution >= 4 is 21.7 Å². The maximum atomic E-state index is 2.31. The number of fused-ring (bicyclic) bond motifs is 1. The molecule has 1 heteroatoms. The van der Waals surface area contributed by atoms with Crippen molar-refractivity contribution in [3.63, 3.8) is 0 Å². The van der Waals surface area contributed by atoms with Gasteiger partial charge in [-0.3, -0.25) is 0 Å². The number of hydrogen-bond donors (Lipinski definition) is 0. The lowest BCUT2D eigenvalue weighted by Crippen LogP contribution is -2.24. The first-order chi connectivity index (χ1) is 9.95. The van der Waals surface area contributed by atoms with Gasteiger partial charge in [-0.2, -0.15) is 0 Å². The van der Waals surface area contributed by atoms with Gasteiger partial charge in [0, 0.05) is 22.7 Å². The summed E-state index contributed by atoms with van der Waals surface area (Å²) in [7, 11) is 0.566. The van der Waals surface area contributed by atoms with E-state index in [1.54, 1.807) is 4.90 Å². The van der Waals surface area contributed by atoms with Crippen molar-refractivity contribution in [2.45, 2.75) is 52.9 Å². The molecule has 0 radical (unpaired) electrons. The fourth-order valence-electron chi connectivity index (χ4n) is 1.96. The first-order valence-corrected chi connectivity index (χ1v) is 9.67. The molecule has 112 valence electrons. The van der Waals surface area contributed by atoms with E-state index in [2.05, 4.69) is 42.5 Å². The Hall–Kier alpha value is -0.950. The predicted octanol–water partition coefficient (Wildman–Crippen LogP) is 6.30. The molecule has 3 rings (SSSR count). The average Bonchev–Trinajstić information content (AvgIpc) is 2.52. The molecule has 20 heavy (non-hydrogen) atoms. The van der Waals surface area contributed by atoms with Crippen LogP contribution in [0, 0.1) is 0 Å². The van der Waals surface area contributed by atoms with E-state index in [0.29, 0.717) is 10.9 Å². The summed E-state index contributed by atoms with van der Waals surface area (Å²) < 4.78 is 0. The summed E-state index contributed by atoms with van der Waals surface area (Å²) >= 11 is 0. The van der Waals surface area contributed by atoms with Crippen LogP contribution in [0.3, 0.4) is 0 Å². The van der Waals surface area contributed by atoms with Crippen molar-refractivity contribution in [3.8, 4) is 0 Å². The second kappa shape index (κ2) is 11.8. The van der Waals surface area contributed by atoms with E-state index in [4.69, 9.17) is 0 Å². The van der Waals surface area contributed by atoms with E-state index in [0.717, 1.165) is 0 Å². The van der Waals surface area contributed by atoms with E-state index < -0.39 is 0 Å². The van der Waals surface area contributed by atoms with Gasteiger partial charge in [-0.05, 0) is 17.5 Å². The molecule has 2 aromatic carbocycles. The van der Waals surface area contributed by atoms with Crippen molar-refractivity contribution in [1.29, 1.82) is 0 Å². The monoisotopic (exact) mass is 291 g/mol. The molecule has 0 atom stereocenters. The molecule has 2 aromatic rings. The highest BCUT2D eigenvalue weighted by atomic mass is 32.2. The van der Waals surface area contributed by atoms with E-state index in [1.807, 2.05) is 41.5 Å². The molecule has 0 aromatic heterocycles. The van der Waals surface area contributed by atoms with E-state index >= 15 is 0 Å². The molecule has 0 aliphatic carbocycles. The Bertz CT molecular complexity index is 453. The minimum atomic E-state index is 0.566. The minimum Gasteiger partial charge on any atom is -0.0683 e. The van der Waals surface area contributed by atoms with Crippen LogP contribution in [0.25, 0.3) is 10.8 Å². The highest BCUT2D eigenvalue weighted by Gasteiger charge is 2.31. The van der Waals surface area contributed by atoms with Crippen molar-refractivity contribution in [2.75, 3.05) is 11.5 Å². The highest BCUT2D eigenvalue weighted by molar-refractivity contribution is 7.98. The Kier molecular flexibility index (Phi) is 11.3. The van der Waals surface area contributed by atoms with Gasteiger partial charge in [0.25, 0.3) is 0 Å². The summed E-state index contributed by atoms with van der Waals surface area (Å²) in [5.41, 5.74) is 0. The Morgan fingerprint density at radius 2 is 1.25 bits per heavy atom. The van der Waals surface area contributed by atoms with Crippen LogP contribution in [0.5, 0.6) is 0 Å². The van der Waals surface area contributed by atoms with E-state index in [-0.39, 0.29) is 0 Å². The topological polar surface area (TPSA) is 0 Å². The van der Waals surface area contributed by atoms with Gasteiger partial charge in [0.2, 0.25) is 0 Å². The molecule has 0 N–H and O–H groups in total. The van der Waals surface area contributed by atoms with Crippen LogP contribution in [0.1, 0.15) is 48.0 Å². The van der Waals surface area contributed by atoms with Gasteiger partial charge in [-0.1, -0.05) is 71.9 Å². The fraction of sp³-hybridized carbons (Fsp3) is 0.474. The third-order valence-electron chi connectivity index (χ3n) is 2.84. The van der Waals surface area contributed by atoms with Crippen molar-refractivity contribution in [3.05, 3.63) is 42.5 Å². The molecule has 1 saturated heterocycles. The van der Waals surface area contributed by atoms with E-state index in [1.165, 1.54) is 28.7 Å². The average molecular weight is 292 g/mol. The maximum Gasteiger partial charge on any atom is 0.162 e. The van der Waals surface area contributed by atoms with Gasteiger partial charge in [-0.15, -0.1) is 0 Å². The molecule has 1 aliphatic rings. The molecule has 0 saturated carbocycles. The predicted molar refractivity (Wildman–Crippen MR) is 98.0 cm³/mol. The largest absolute Gasteiger partial charge is 0.162 e. The summed E-state index contributed by atoms with van der Waals surface area (Å²) in [5.74, 6) is 2.82. The lowest BCUT2D eigenvalue weighted by Gasteiger charge is -2.16. The molecule has 0 amide bonds. The standard InChI is InChI=1S/C13H13S.3C2H6/c1-2-7-12-11(5-1)6-3-8-13(12)14-9-4-10-14;3*1-2/h1-3,5-8H,4,9-10H2;3*1-2H3/q+1;;;. The molecule has 0 bridgehead atoms. The van der Waals surface area contributed by atoms with Crippen LogP contribution in [-0.2, 0) is 10.9 Å². The molecular formula is C19H31S+. The summed E-state index contributed by atoms with van der Waals surface area (Å²) in [5, 5.41) is 2.86. The Labute approximate surface area is 129 Å². The molecule has 0 unspecified atom stereocenters. The van der Waals surface area contributed by atoms with Crippen LogP contribution in [0.2, 0.25) is 0 Å². The zero-order chi connectivity index (χ0) is 15.4. The lowest BCUT2D eigenvalue weighted by molar-refractivity contribution is 1.03. The fourth-order valence-corrected chi connectivity index (χ4v) is 3.74. The van der Waals surface area contributed by atoms with Crippen molar-refractivity contribution in [2.24, 2.45) is 0 Å². The first-order valence-electron chi connectivity index (χ1n) is 8.10. The van der Waals surface area contributed by atoms with E-state index in [9.17, 15) is 0 Å². The number of hydrogen-bond acceptors (Lipinski definition) is 0. The number of rotatable bonds is 1. The zero-order valence-corrected chi connectivity index (χ0v) is 14.9. The smallest absolute Gasteiger partial charge is 0.0683 e. The Morgan fingerprint density at radius 1 is 0.700 bits per heavy atom. The number of benzene rings is 2. The molecule has 0 nitrogen and oxygen atoms in total. The zero-order valence-electron chi connectivity index (χ0n) is 14.1. The summed E-state index contributed by atoms with van der Waals surface area (Å²) in [6, 6.07) is 15.5. The SMILES string of the molecule is CC.CC.CC.c1ccc2c([S+]3CCC3)cccc2c1. The summed E-state index contributed by atoms with van der Waals surface area (Å²) in [6.07, 6.45) is 1.42. The van der Waals surface area contributed by atoms with Gasteiger partial charge in [0.1, 0.15) is 11.5 Å². The van der Waals surface area contributed by atoms with Crippen LogP contribution < -0.4 is 0 Å². The highest BCUT2D eigenvalue weighted by Crippen LogP contribution is 2.30. The second-order valence-electron chi connectivity index (χ2n) is 3.73. The van der Waals surface area contributed by atoms with Crippen molar-refractivity contribution < 1.29 is 0 Å². The van der Waals surface area contributed by atoms with Crippen LogP contribution >= 0.6 is 0 Å². The normalized spacial score (nSPS) is 12.7. The maximum absolute atomic E-state index is 2.31. The third-order valence-corrected chi connectivity index (χ3v) is 5.38. The van der Waals surface area contributed by atoms with Gasteiger partial charge in [0.05, 0.1) is 0 Å². The minimum absolute atomic E-state index is 0.566. The second-order valence-corrected chi connectivity index (χ2v) is 5.97. The van der Waals surface area contributed by atoms with Gasteiger partial charge < -0.3 is 0 Å². The molecule has 1 aliphatic heterocycles. The quantitative estimate of drug-likeness (QED) is 0.541. The Morgan fingerprint density at radius 3 is 1.80 bits per heavy atom. The summed E-state index contributed by atoms with van der Waals surface area (Å²) in [4.78, 5) is 1.59.